The van der Waals surface area contributed by atoms with Crippen molar-refractivity contribution in [2.45, 2.75) is 0 Å². The molecule has 0 radical (unpaired) electrons. The van der Waals surface area contributed by atoms with Gasteiger partial charge in [0.25, 0.3) is 0 Å². The van der Waals surface area contributed by atoms with Crippen LogP contribution >= 0.6 is 11.6 Å². The van der Waals surface area contributed by atoms with Crippen LogP contribution in [0.5, 0.6) is 5.75 Å². The highest BCUT2D eigenvalue weighted by molar-refractivity contribution is 6.31. The molecule has 0 aliphatic rings. The third-order valence-corrected chi connectivity index (χ3v) is 2.84. The normalized spacial score (nSPS) is 10.9. The van der Waals surface area contributed by atoms with Crippen LogP contribution < -0.4 is 4.74 Å². The monoisotopic (exact) mass is 244 g/mol. The van der Waals surface area contributed by atoms with Crippen molar-refractivity contribution in [2.75, 3.05) is 7.11 Å². The molecule has 0 spiro atoms. The third kappa shape index (κ3) is 1.78. The van der Waals surface area contributed by atoms with Crippen LogP contribution in [0.3, 0.4) is 0 Å². The summed E-state index contributed by atoms with van der Waals surface area (Å²) in [5.74, 6) is 0.778. The number of benzene rings is 2. The van der Waals surface area contributed by atoms with Gasteiger partial charge in [0, 0.05) is 11.1 Å². The highest BCUT2D eigenvalue weighted by Gasteiger charge is 2.03. The van der Waals surface area contributed by atoms with Gasteiger partial charge >= 0.3 is 0 Å². The van der Waals surface area contributed by atoms with Crippen LogP contribution in [0.1, 0.15) is 0 Å². The van der Waals surface area contributed by atoms with Crippen molar-refractivity contribution in [1.29, 1.82) is 0 Å². The first-order valence-corrected chi connectivity index (χ1v) is 5.55. The van der Waals surface area contributed by atoms with Gasteiger partial charge in [-0.1, -0.05) is 11.6 Å². The van der Waals surface area contributed by atoms with Crippen LogP contribution in [0.25, 0.3) is 22.1 Å². The molecule has 3 rings (SSSR count). The van der Waals surface area contributed by atoms with Crippen LogP contribution in [0, 0.1) is 0 Å². The number of fused-ring (bicyclic) bond motifs is 2. The van der Waals surface area contributed by atoms with Crippen molar-refractivity contribution >= 4 is 33.7 Å². The van der Waals surface area contributed by atoms with E-state index in [4.69, 9.17) is 16.3 Å². The van der Waals surface area contributed by atoms with Gasteiger partial charge < -0.3 is 4.74 Å². The van der Waals surface area contributed by atoms with E-state index in [1.54, 1.807) is 7.11 Å². The molecule has 0 bridgehead atoms. The first-order chi connectivity index (χ1) is 8.26. The molecule has 0 saturated heterocycles. The van der Waals surface area contributed by atoms with Gasteiger partial charge in [-0.15, -0.1) is 0 Å². The second-order valence-electron chi connectivity index (χ2n) is 3.71. The number of aromatic nitrogens is 2. The Kier molecular flexibility index (Phi) is 2.34. The predicted molar refractivity (Wildman–Crippen MR) is 68.6 cm³/mol. The Morgan fingerprint density at radius 1 is 0.882 bits per heavy atom. The summed E-state index contributed by atoms with van der Waals surface area (Å²) in [6.07, 6.45) is 0. The Hall–Kier alpha value is -1.87. The Morgan fingerprint density at radius 2 is 1.53 bits per heavy atom. The van der Waals surface area contributed by atoms with Crippen LogP contribution in [0.15, 0.2) is 36.4 Å². The third-order valence-electron chi connectivity index (χ3n) is 2.60. The highest BCUT2D eigenvalue weighted by Crippen LogP contribution is 2.22. The summed E-state index contributed by atoms with van der Waals surface area (Å²) in [7, 11) is 1.63. The van der Waals surface area contributed by atoms with Crippen LogP contribution in [-0.2, 0) is 0 Å². The van der Waals surface area contributed by atoms with Crippen LogP contribution in [-0.4, -0.2) is 17.1 Å². The number of methoxy groups -OCH3 is 1. The van der Waals surface area contributed by atoms with E-state index in [2.05, 4.69) is 9.97 Å². The smallest absolute Gasteiger partial charge is 0.121 e. The van der Waals surface area contributed by atoms with Crippen LogP contribution in [0.4, 0.5) is 0 Å². The second-order valence-corrected chi connectivity index (χ2v) is 4.15. The van der Waals surface area contributed by atoms with E-state index in [0.717, 1.165) is 27.8 Å². The van der Waals surface area contributed by atoms with Crippen molar-refractivity contribution in [3.8, 4) is 5.75 Å². The zero-order valence-electron chi connectivity index (χ0n) is 9.14. The van der Waals surface area contributed by atoms with Crippen molar-refractivity contribution in [3.05, 3.63) is 41.4 Å². The molecule has 0 aliphatic carbocycles. The molecule has 0 atom stereocenters. The largest absolute Gasteiger partial charge is 0.497 e. The van der Waals surface area contributed by atoms with E-state index in [1.165, 1.54) is 0 Å². The van der Waals surface area contributed by atoms with Gasteiger partial charge in [0.2, 0.25) is 0 Å². The summed E-state index contributed by atoms with van der Waals surface area (Å²) in [5, 5.41) is 0.666. The zero-order valence-corrected chi connectivity index (χ0v) is 9.90. The lowest BCUT2D eigenvalue weighted by atomic mass is 10.2. The van der Waals surface area contributed by atoms with E-state index in [1.807, 2.05) is 36.4 Å². The van der Waals surface area contributed by atoms with Gasteiger partial charge in [-0.3, -0.25) is 0 Å². The fourth-order valence-electron chi connectivity index (χ4n) is 1.75. The van der Waals surface area contributed by atoms with E-state index < -0.39 is 0 Å². The van der Waals surface area contributed by atoms with Gasteiger partial charge in [0.15, 0.2) is 0 Å². The fraction of sp³-hybridized carbons (Fsp3) is 0.0769. The summed E-state index contributed by atoms with van der Waals surface area (Å²) in [6.45, 7) is 0. The molecule has 0 N–H and O–H groups in total. The second kappa shape index (κ2) is 3.86. The van der Waals surface area contributed by atoms with Crippen LogP contribution in [0.2, 0.25) is 5.02 Å². The quantitative estimate of drug-likeness (QED) is 0.615. The summed E-state index contributed by atoms with van der Waals surface area (Å²) >= 11 is 5.93. The molecule has 0 saturated carbocycles. The lowest BCUT2D eigenvalue weighted by Crippen LogP contribution is -1.89. The molecule has 3 nitrogen and oxygen atoms in total. The molecule has 0 amide bonds. The minimum atomic E-state index is 0.666. The minimum absolute atomic E-state index is 0.666. The Labute approximate surface area is 103 Å². The molecular weight excluding hydrogens is 236 g/mol. The molecule has 3 aromatic rings. The number of nitrogens with zero attached hydrogens (tertiary/aromatic N) is 2. The molecule has 1 heterocycles. The van der Waals surface area contributed by atoms with Gasteiger partial charge in [0.05, 0.1) is 29.2 Å². The van der Waals surface area contributed by atoms with Crippen molar-refractivity contribution in [3.63, 3.8) is 0 Å². The number of rotatable bonds is 1. The SMILES string of the molecule is COc1ccc2nc3cc(Cl)ccc3nc2c1. The molecule has 0 fully saturated rings. The summed E-state index contributed by atoms with van der Waals surface area (Å²) < 4.78 is 5.16. The van der Waals surface area contributed by atoms with Gasteiger partial charge in [0.1, 0.15) is 5.75 Å². The first-order valence-electron chi connectivity index (χ1n) is 5.17. The molecule has 4 heteroatoms. The van der Waals surface area contributed by atoms with Crippen molar-refractivity contribution < 1.29 is 4.74 Å². The lowest BCUT2D eigenvalue weighted by molar-refractivity contribution is 0.415. The fourth-order valence-corrected chi connectivity index (χ4v) is 1.92. The molecule has 2 aromatic carbocycles. The van der Waals surface area contributed by atoms with E-state index in [9.17, 15) is 0 Å². The molecular formula is C13H9ClN2O. The average Bonchev–Trinajstić information content (AvgIpc) is 2.35. The zero-order chi connectivity index (χ0) is 11.8. The summed E-state index contributed by atoms with van der Waals surface area (Å²) in [6, 6.07) is 11.1. The summed E-state index contributed by atoms with van der Waals surface area (Å²) in [4.78, 5) is 9.04. The maximum Gasteiger partial charge on any atom is 0.121 e. The molecule has 0 aliphatic heterocycles. The van der Waals surface area contributed by atoms with Crippen molar-refractivity contribution in [1.82, 2.24) is 9.97 Å². The topological polar surface area (TPSA) is 35.0 Å². The summed E-state index contributed by atoms with van der Waals surface area (Å²) in [5.41, 5.74) is 3.28. The average molecular weight is 245 g/mol. The molecule has 17 heavy (non-hydrogen) atoms. The number of halogens is 1. The van der Waals surface area contributed by atoms with Gasteiger partial charge in [-0.25, -0.2) is 9.97 Å². The number of hydrogen-bond donors (Lipinski definition) is 0. The Balaban J connectivity index is 2.35. The Bertz CT molecular complexity index is 712. The molecule has 1 aromatic heterocycles. The van der Waals surface area contributed by atoms with Gasteiger partial charge in [-0.2, -0.15) is 0 Å². The molecule has 0 unspecified atom stereocenters. The number of ether oxygens (including phenoxy) is 1. The highest BCUT2D eigenvalue weighted by atomic mass is 35.5. The minimum Gasteiger partial charge on any atom is -0.497 e. The van der Waals surface area contributed by atoms with E-state index in [0.29, 0.717) is 5.02 Å². The maximum atomic E-state index is 5.93. The first kappa shape index (κ1) is 10.3. The maximum absolute atomic E-state index is 5.93. The van der Waals surface area contributed by atoms with Crippen molar-refractivity contribution in [2.24, 2.45) is 0 Å². The van der Waals surface area contributed by atoms with E-state index >= 15 is 0 Å². The standard InChI is InChI=1S/C13H9ClN2O/c1-17-9-3-5-11-13(7-9)16-10-4-2-8(14)6-12(10)15-11/h2-7H,1H3. The Morgan fingerprint density at radius 3 is 2.24 bits per heavy atom. The van der Waals surface area contributed by atoms with Gasteiger partial charge in [-0.05, 0) is 30.3 Å². The van der Waals surface area contributed by atoms with E-state index in [-0.39, 0.29) is 0 Å². The molecule has 84 valence electrons. The predicted octanol–water partition coefficient (Wildman–Crippen LogP) is 3.45. The lowest BCUT2D eigenvalue weighted by Gasteiger charge is -2.03. The number of hydrogen-bond acceptors (Lipinski definition) is 3.